The third-order valence-electron chi connectivity index (χ3n) is 3.85. The van der Waals surface area contributed by atoms with E-state index >= 15 is 0 Å². The molecule has 0 fully saturated rings. The Bertz CT molecular complexity index is 673. The van der Waals surface area contributed by atoms with Crippen molar-refractivity contribution in [2.75, 3.05) is 6.54 Å². The van der Waals surface area contributed by atoms with Crippen molar-refractivity contribution in [1.29, 1.82) is 5.26 Å². The molecule has 3 rings (SSSR count). The van der Waals surface area contributed by atoms with Gasteiger partial charge in [0.15, 0.2) is 0 Å². The SMILES string of the molecule is N#Cc1ccc(CNCC2Cc3ccccc32)c(Cl)c1. The van der Waals surface area contributed by atoms with Gasteiger partial charge in [-0.2, -0.15) is 5.26 Å². The Morgan fingerprint density at radius 2 is 2.10 bits per heavy atom. The third-order valence-corrected chi connectivity index (χ3v) is 4.20. The fourth-order valence-electron chi connectivity index (χ4n) is 2.69. The molecule has 1 N–H and O–H groups in total. The lowest BCUT2D eigenvalue weighted by molar-refractivity contribution is 0.536. The van der Waals surface area contributed by atoms with Crippen LogP contribution in [-0.2, 0) is 13.0 Å². The molecule has 0 aromatic heterocycles. The van der Waals surface area contributed by atoms with Crippen molar-refractivity contribution in [3.05, 3.63) is 69.7 Å². The molecule has 2 aromatic carbocycles. The van der Waals surface area contributed by atoms with Crippen LogP contribution in [0.15, 0.2) is 42.5 Å². The van der Waals surface area contributed by atoms with E-state index in [1.807, 2.05) is 12.1 Å². The minimum Gasteiger partial charge on any atom is -0.312 e. The van der Waals surface area contributed by atoms with Gasteiger partial charge >= 0.3 is 0 Å². The number of rotatable bonds is 4. The van der Waals surface area contributed by atoms with Crippen LogP contribution in [0.5, 0.6) is 0 Å². The molecule has 0 spiro atoms. The molecule has 1 unspecified atom stereocenters. The maximum Gasteiger partial charge on any atom is 0.0992 e. The molecule has 0 bridgehead atoms. The fourth-order valence-corrected chi connectivity index (χ4v) is 2.93. The molecule has 0 saturated heterocycles. The van der Waals surface area contributed by atoms with Crippen LogP contribution in [0.3, 0.4) is 0 Å². The summed E-state index contributed by atoms with van der Waals surface area (Å²) >= 11 is 6.16. The highest BCUT2D eigenvalue weighted by molar-refractivity contribution is 6.31. The maximum absolute atomic E-state index is 8.81. The minimum atomic E-state index is 0.603. The molecule has 2 aromatic rings. The molecule has 0 aliphatic heterocycles. The van der Waals surface area contributed by atoms with E-state index in [9.17, 15) is 0 Å². The van der Waals surface area contributed by atoms with Crippen LogP contribution in [0.4, 0.5) is 0 Å². The van der Waals surface area contributed by atoms with Crippen molar-refractivity contribution in [2.24, 2.45) is 0 Å². The van der Waals surface area contributed by atoms with Gasteiger partial charge < -0.3 is 5.32 Å². The first-order chi connectivity index (χ1) is 9.78. The molecule has 0 heterocycles. The summed E-state index contributed by atoms with van der Waals surface area (Å²) in [6.07, 6.45) is 1.16. The molecule has 1 atom stereocenters. The predicted octanol–water partition coefficient (Wildman–Crippen LogP) is 3.64. The third kappa shape index (κ3) is 2.56. The van der Waals surface area contributed by atoms with Crippen molar-refractivity contribution in [3.8, 4) is 6.07 Å². The Morgan fingerprint density at radius 1 is 1.25 bits per heavy atom. The Kier molecular flexibility index (Phi) is 3.73. The summed E-state index contributed by atoms with van der Waals surface area (Å²) in [6, 6.07) is 16.1. The first-order valence-electron chi connectivity index (χ1n) is 6.75. The number of hydrogen-bond acceptors (Lipinski definition) is 2. The summed E-state index contributed by atoms with van der Waals surface area (Å²) in [4.78, 5) is 0. The zero-order valence-electron chi connectivity index (χ0n) is 11.1. The summed E-state index contributed by atoms with van der Waals surface area (Å²) in [6.45, 7) is 1.70. The molecule has 0 amide bonds. The number of hydrogen-bond donors (Lipinski definition) is 1. The van der Waals surface area contributed by atoms with E-state index in [-0.39, 0.29) is 0 Å². The quantitative estimate of drug-likeness (QED) is 0.929. The van der Waals surface area contributed by atoms with E-state index < -0.39 is 0 Å². The number of nitrogens with zero attached hydrogens (tertiary/aromatic N) is 1. The molecule has 0 saturated carbocycles. The summed E-state index contributed by atoms with van der Waals surface area (Å²) in [5.74, 6) is 0.614. The van der Waals surface area contributed by atoms with Crippen molar-refractivity contribution < 1.29 is 0 Å². The van der Waals surface area contributed by atoms with Crippen molar-refractivity contribution in [3.63, 3.8) is 0 Å². The second-order valence-electron chi connectivity index (χ2n) is 5.15. The first kappa shape index (κ1) is 13.2. The molecular weight excluding hydrogens is 268 g/mol. The lowest BCUT2D eigenvalue weighted by Crippen LogP contribution is -2.28. The second-order valence-corrected chi connectivity index (χ2v) is 5.56. The van der Waals surface area contributed by atoms with Gasteiger partial charge in [0.1, 0.15) is 0 Å². The average molecular weight is 283 g/mol. The van der Waals surface area contributed by atoms with E-state index in [0.717, 1.165) is 25.1 Å². The molecule has 2 nitrogen and oxygen atoms in total. The largest absolute Gasteiger partial charge is 0.312 e. The number of fused-ring (bicyclic) bond motifs is 1. The van der Waals surface area contributed by atoms with Crippen LogP contribution in [-0.4, -0.2) is 6.54 Å². The highest BCUT2D eigenvalue weighted by Gasteiger charge is 2.24. The van der Waals surface area contributed by atoms with E-state index in [4.69, 9.17) is 16.9 Å². The predicted molar refractivity (Wildman–Crippen MR) is 80.8 cm³/mol. The Balaban J connectivity index is 1.56. The van der Waals surface area contributed by atoms with Gasteiger partial charge in [0.2, 0.25) is 0 Å². The van der Waals surface area contributed by atoms with Gasteiger partial charge in [0.05, 0.1) is 11.6 Å². The van der Waals surface area contributed by atoms with Crippen molar-refractivity contribution >= 4 is 11.6 Å². The highest BCUT2D eigenvalue weighted by atomic mass is 35.5. The maximum atomic E-state index is 8.81. The number of nitriles is 1. The van der Waals surface area contributed by atoms with Gasteiger partial charge in [0, 0.05) is 24.0 Å². The minimum absolute atomic E-state index is 0.603. The summed E-state index contributed by atoms with van der Waals surface area (Å²) < 4.78 is 0. The van der Waals surface area contributed by atoms with Crippen LogP contribution >= 0.6 is 11.6 Å². The van der Waals surface area contributed by atoms with Crippen molar-refractivity contribution in [1.82, 2.24) is 5.32 Å². The standard InChI is InChI=1S/C17H15ClN2/c18-17-7-12(9-19)5-6-14(17)10-20-11-15-8-13-3-1-2-4-16(13)15/h1-7,15,20H,8,10-11H2. The van der Waals surface area contributed by atoms with Gasteiger partial charge in [-0.05, 0) is 35.2 Å². The highest BCUT2D eigenvalue weighted by Crippen LogP contribution is 2.34. The second kappa shape index (κ2) is 5.66. The molecule has 3 heteroatoms. The van der Waals surface area contributed by atoms with Crippen LogP contribution in [0, 0.1) is 11.3 Å². The van der Waals surface area contributed by atoms with E-state index in [0.29, 0.717) is 16.5 Å². The monoisotopic (exact) mass is 282 g/mol. The number of nitrogens with one attached hydrogen (secondary N) is 1. The lowest BCUT2D eigenvalue weighted by Gasteiger charge is -2.30. The molecule has 0 radical (unpaired) electrons. The van der Waals surface area contributed by atoms with Gasteiger partial charge in [-0.1, -0.05) is 41.9 Å². The topological polar surface area (TPSA) is 35.8 Å². The molecular formula is C17H15ClN2. The Hall–Kier alpha value is -1.82. The zero-order chi connectivity index (χ0) is 13.9. The van der Waals surface area contributed by atoms with Crippen LogP contribution in [0.25, 0.3) is 0 Å². The molecule has 20 heavy (non-hydrogen) atoms. The molecule has 100 valence electrons. The van der Waals surface area contributed by atoms with Gasteiger partial charge in [-0.25, -0.2) is 0 Å². The molecule has 1 aliphatic rings. The molecule has 1 aliphatic carbocycles. The summed E-state index contributed by atoms with van der Waals surface area (Å²) in [5, 5.41) is 12.9. The first-order valence-corrected chi connectivity index (χ1v) is 7.13. The lowest BCUT2D eigenvalue weighted by atomic mass is 9.77. The normalized spacial score (nSPS) is 16.1. The van der Waals surface area contributed by atoms with Gasteiger partial charge in [-0.3, -0.25) is 0 Å². The zero-order valence-corrected chi connectivity index (χ0v) is 11.8. The van der Waals surface area contributed by atoms with Gasteiger partial charge in [-0.15, -0.1) is 0 Å². The smallest absolute Gasteiger partial charge is 0.0992 e. The van der Waals surface area contributed by atoms with E-state index in [1.54, 1.807) is 6.07 Å². The number of benzene rings is 2. The van der Waals surface area contributed by atoms with E-state index in [1.165, 1.54) is 11.1 Å². The van der Waals surface area contributed by atoms with Crippen LogP contribution in [0.1, 0.15) is 28.2 Å². The van der Waals surface area contributed by atoms with E-state index in [2.05, 4.69) is 35.7 Å². The van der Waals surface area contributed by atoms with Gasteiger partial charge in [0.25, 0.3) is 0 Å². The summed E-state index contributed by atoms with van der Waals surface area (Å²) in [7, 11) is 0. The summed E-state index contributed by atoms with van der Waals surface area (Å²) in [5.41, 5.74) is 4.58. The van der Waals surface area contributed by atoms with Crippen LogP contribution < -0.4 is 5.32 Å². The Morgan fingerprint density at radius 3 is 2.85 bits per heavy atom. The fraction of sp³-hybridized carbons (Fsp3) is 0.235. The van der Waals surface area contributed by atoms with Crippen LogP contribution in [0.2, 0.25) is 5.02 Å². The average Bonchev–Trinajstić information content (AvgIpc) is 2.45. The Labute approximate surface area is 124 Å². The van der Waals surface area contributed by atoms with Crippen molar-refractivity contribution in [2.45, 2.75) is 18.9 Å². The number of halogens is 1.